The summed E-state index contributed by atoms with van der Waals surface area (Å²) >= 11 is 12.5. The fourth-order valence-corrected chi connectivity index (χ4v) is 4.23. The smallest absolute Gasteiger partial charge is 0.282 e. The first-order chi connectivity index (χ1) is 14.0. The third-order valence-corrected chi connectivity index (χ3v) is 6.24. The van der Waals surface area contributed by atoms with E-state index in [0.717, 1.165) is 30.1 Å². The molecule has 4 rings (SSSR count). The van der Waals surface area contributed by atoms with Crippen molar-refractivity contribution in [3.63, 3.8) is 0 Å². The summed E-state index contributed by atoms with van der Waals surface area (Å²) in [5, 5.41) is 0.497. The van der Waals surface area contributed by atoms with Gasteiger partial charge in [-0.25, -0.2) is 4.90 Å². The van der Waals surface area contributed by atoms with Gasteiger partial charge in [-0.1, -0.05) is 66.5 Å². The molecule has 0 radical (unpaired) electrons. The molecule has 1 fully saturated rings. The van der Waals surface area contributed by atoms with Crippen LogP contribution < -0.4 is 4.90 Å². The second-order valence-corrected chi connectivity index (χ2v) is 7.81. The highest BCUT2D eigenvalue weighted by Crippen LogP contribution is 2.39. The van der Waals surface area contributed by atoms with Gasteiger partial charge in [0.15, 0.2) is 0 Å². The maximum Gasteiger partial charge on any atom is 0.282 e. The molecule has 0 unspecified atom stereocenters. The number of imide groups is 1. The average Bonchev–Trinajstić information content (AvgIpc) is 3.01. The highest BCUT2D eigenvalue weighted by molar-refractivity contribution is 6.49. The molecule has 2 aromatic carbocycles. The number of hydrogen-bond acceptors (Lipinski definition) is 4. The normalized spacial score (nSPS) is 18.2. The van der Waals surface area contributed by atoms with Gasteiger partial charge in [0.1, 0.15) is 5.70 Å². The summed E-state index contributed by atoms with van der Waals surface area (Å²) in [6.07, 6.45) is 0. The molecule has 29 heavy (non-hydrogen) atoms. The fourth-order valence-electron chi connectivity index (χ4n) is 3.85. The van der Waals surface area contributed by atoms with Crippen LogP contribution in [0.5, 0.6) is 0 Å². The molecular formula is C22H21Cl2N3O2. The van der Waals surface area contributed by atoms with E-state index in [0.29, 0.717) is 35.1 Å². The van der Waals surface area contributed by atoms with Gasteiger partial charge in [-0.15, -0.1) is 0 Å². The molecule has 0 bridgehead atoms. The van der Waals surface area contributed by atoms with Crippen molar-refractivity contribution in [1.82, 2.24) is 9.80 Å². The van der Waals surface area contributed by atoms with E-state index >= 15 is 0 Å². The number of amides is 2. The van der Waals surface area contributed by atoms with Crippen LogP contribution in [0.25, 0.3) is 5.57 Å². The van der Waals surface area contributed by atoms with E-state index in [1.54, 1.807) is 18.2 Å². The molecule has 0 N–H and O–H groups in total. The highest BCUT2D eigenvalue weighted by Gasteiger charge is 2.43. The van der Waals surface area contributed by atoms with Crippen molar-refractivity contribution in [2.75, 3.05) is 37.6 Å². The zero-order valence-electron chi connectivity index (χ0n) is 16.1. The number of halogens is 2. The van der Waals surface area contributed by atoms with Gasteiger partial charge in [-0.3, -0.25) is 9.59 Å². The first-order valence-corrected chi connectivity index (χ1v) is 10.4. The summed E-state index contributed by atoms with van der Waals surface area (Å²) in [7, 11) is 0. The SMILES string of the molecule is CCN1CCN(C2=C(c3ccccc3)C(=O)N(c3cccc(Cl)c3Cl)C2=O)CC1. The lowest BCUT2D eigenvalue weighted by atomic mass is 10.0. The molecule has 0 spiro atoms. The summed E-state index contributed by atoms with van der Waals surface area (Å²) in [5.74, 6) is -0.735. The first kappa shape index (κ1) is 20.0. The summed E-state index contributed by atoms with van der Waals surface area (Å²) < 4.78 is 0. The Kier molecular flexibility index (Phi) is 5.63. The van der Waals surface area contributed by atoms with Crippen LogP contribution in [0.2, 0.25) is 10.0 Å². The van der Waals surface area contributed by atoms with E-state index in [-0.39, 0.29) is 16.8 Å². The minimum atomic E-state index is -0.377. The summed E-state index contributed by atoms with van der Waals surface area (Å²) in [6.45, 7) is 6.17. The topological polar surface area (TPSA) is 43.9 Å². The second kappa shape index (κ2) is 8.19. The van der Waals surface area contributed by atoms with Crippen LogP contribution in [0.15, 0.2) is 54.2 Å². The van der Waals surface area contributed by atoms with Crippen LogP contribution >= 0.6 is 23.2 Å². The predicted octanol–water partition coefficient (Wildman–Crippen LogP) is 3.92. The lowest BCUT2D eigenvalue weighted by Crippen LogP contribution is -2.47. The van der Waals surface area contributed by atoms with Crippen molar-refractivity contribution in [2.24, 2.45) is 0 Å². The van der Waals surface area contributed by atoms with E-state index in [1.165, 1.54) is 0 Å². The predicted molar refractivity (Wildman–Crippen MR) is 116 cm³/mol. The first-order valence-electron chi connectivity index (χ1n) is 9.62. The van der Waals surface area contributed by atoms with Crippen molar-refractivity contribution in [3.8, 4) is 0 Å². The van der Waals surface area contributed by atoms with Gasteiger partial charge in [0.2, 0.25) is 0 Å². The van der Waals surface area contributed by atoms with Crippen molar-refractivity contribution >= 4 is 46.3 Å². The van der Waals surface area contributed by atoms with Crippen LogP contribution in [0, 0.1) is 0 Å². The molecule has 2 amide bonds. The van der Waals surface area contributed by atoms with Crippen molar-refractivity contribution in [3.05, 3.63) is 69.8 Å². The van der Waals surface area contributed by atoms with Gasteiger partial charge >= 0.3 is 0 Å². The molecule has 2 aliphatic rings. The fraction of sp³-hybridized carbons (Fsp3) is 0.273. The number of likely N-dealkylation sites (N-methyl/N-ethyl adjacent to an activating group) is 1. The molecular weight excluding hydrogens is 409 g/mol. The molecule has 7 heteroatoms. The van der Waals surface area contributed by atoms with Gasteiger partial charge < -0.3 is 9.80 Å². The number of hydrogen-bond donors (Lipinski definition) is 0. The van der Waals surface area contributed by atoms with Crippen molar-refractivity contribution in [1.29, 1.82) is 0 Å². The number of rotatable bonds is 4. The van der Waals surface area contributed by atoms with Gasteiger partial charge in [-0.05, 0) is 24.2 Å². The Hall–Kier alpha value is -2.34. The molecule has 150 valence electrons. The van der Waals surface area contributed by atoms with Gasteiger partial charge in [0.25, 0.3) is 11.8 Å². The van der Waals surface area contributed by atoms with Crippen molar-refractivity contribution in [2.45, 2.75) is 6.92 Å². The van der Waals surface area contributed by atoms with E-state index in [1.807, 2.05) is 35.2 Å². The average molecular weight is 430 g/mol. The summed E-state index contributed by atoms with van der Waals surface area (Å²) in [4.78, 5) is 32.5. The standard InChI is InChI=1S/C22H21Cl2N3O2/c1-2-25-11-13-26(14-12-25)20-18(15-7-4-3-5-8-15)21(28)27(22(20)29)17-10-6-9-16(23)19(17)24/h3-10H,2,11-14H2,1H3. The highest BCUT2D eigenvalue weighted by atomic mass is 35.5. The van der Waals surface area contributed by atoms with Gasteiger partial charge in [-0.2, -0.15) is 0 Å². The zero-order chi connectivity index (χ0) is 20.5. The van der Waals surface area contributed by atoms with Crippen LogP contribution in [0.4, 0.5) is 5.69 Å². The molecule has 5 nitrogen and oxygen atoms in total. The molecule has 0 aliphatic carbocycles. The van der Waals surface area contributed by atoms with Gasteiger partial charge in [0, 0.05) is 26.2 Å². The van der Waals surface area contributed by atoms with E-state index < -0.39 is 0 Å². The lowest BCUT2D eigenvalue weighted by Gasteiger charge is -2.36. The Morgan fingerprint density at radius 1 is 0.862 bits per heavy atom. The minimum absolute atomic E-state index is 0.195. The third kappa shape index (κ3) is 3.54. The minimum Gasteiger partial charge on any atom is -0.364 e. The largest absolute Gasteiger partial charge is 0.364 e. The quantitative estimate of drug-likeness (QED) is 0.690. The van der Waals surface area contributed by atoms with Crippen molar-refractivity contribution < 1.29 is 9.59 Å². The molecule has 0 atom stereocenters. The number of carbonyl (C=O) groups excluding carboxylic acids is 2. The molecule has 2 aliphatic heterocycles. The maximum absolute atomic E-state index is 13.5. The monoisotopic (exact) mass is 429 g/mol. The molecule has 2 aromatic rings. The third-order valence-electron chi connectivity index (χ3n) is 5.43. The number of nitrogens with zero attached hydrogens (tertiary/aromatic N) is 3. The Morgan fingerprint density at radius 3 is 2.21 bits per heavy atom. The van der Waals surface area contributed by atoms with E-state index in [4.69, 9.17) is 23.2 Å². The maximum atomic E-state index is 13.5. The van der Waals surface area contributed by atoms with E-state index in [2.05, 4.69) is 11.8 Å². The molecule has 0 aromatic heterocycles. The lowest BCUT2D eigenvalue weighted by molar-refractivity contribution is -0.120. The Morgan fingerprint density at radius 2 is 1.55 bits per heavy atom. The summed E-state index contributed by atoms with van der Waals surface area (Å²) in [5.41, 5.74) is 1.88. The van der Waals surface area contributed by atoms with Gasteiger partial charge in [0.05, 0.1) is 21.3 Å². The number of benzene rings is 2. The van der Waals surface area contributed by atoms with Crippen LogP contribution in [0.3, 0.4) is 0 Å². The number of anilines is 1. The molecule has 1 saturated heterocycles. The van der Waals surface area contributed by atoms with E-state index in [9.17, 15) is 9.59 Å². The van der Waals surface area contributed by atoms with Crippen LogP contribution in [-0.2, 0) is 9.59 Å². The molecule has 0 saturated carbocycles. The Bertz CT molecular complexity index is 983. The number of carbonyl (C=O) groups is 2. The van der Waals surface area contributed by atoms with Crippen LogP contribution in [-0.4, -0.2) is 54.3 Å². The molecule has 2 heterocycles. The zero-order valence-corrected chi connectivity index (χ0v) is 17.6. The number of piperazine rings is 1. The second-order valence-electron chi connectivity index (χ2n) is 7.03. The summed E-state index contributed by atoms with van der Waals surface area (Å²) in [6, 6.07) is 14.3. The van der Waals surface area contributed by atoms with Crippen LogP contribution in [0.1, 0.15) is 12.5 Å². The Labute approximate surface area is 180 Å². The Balaban J connectivity index is 1.80.